The molecule has 0 unspecified atom stereocenters. The number of carbonyl (C=O) groups excluding carboxylic acids is 1. The lowest BCUT2D eigenvalue weighted by Crippen LogP contribution is -2.35. The topological polar surface area (TPSA) is 55.6 Å². The Morgan fingerprint density at radius 1 is 1.60 bits per heavy atom. The zero-order valence-corrected chi connectivity index (χ0v) is 9.89. The quantitative estimate of drug-likeness (QED) is 0.515. The third kappa shape index (κ3) is 5.09. The van der Waals surface area contributed by atoms with Crippen molar-refractivity contribution in [3.05, 3.63) is 0 Å². The van der Waals surface area contributed by atoms with Crippen LogP contribution in [0.15, 0.2) is 0 Å². The van der Waals surface area contributed by atoms with Crippen molar-refractivity contribution in [3.63, 3.8) is 0 Å². The maximum atomic E-state index is 11.3. The van der Waals surface area contributed by atoms with E-state index in [0.29, 0.717) is 30.6 Å². The van der Waals surface area contributed by atoms with E-state index in [1.54, 1.807) is 0 Å². The average molecular weight is 230 g/mol. The Balaban J connectivity index is 2.30. The van der Waals surface area contributed by atoms with Crippen LogP contribution in [-0.2, 0) is 9.53 Å². The summed E-state index contributed by atoms with van der Waals surface area (Å²) in [6.45, 7) is 3.38. The first-order valence-corrected chi connectivity index (χ1v) is 5.72. The Morgan fingerprint density at radius 2 is 2.27 bits per heavy atom. The lowest BCUT2D eigenvalue weighted by Gasteiger charge is -2.20. The SMILES string of the molecule is CCOC(=O)CN(CCC(N)=S)C1CC1. The molecule has 0 heterocycles. The van der Waals surface area contributed by atoms with Gasteiger partial charge in [0.15, 0.2) is 0 Å². The molecule has 86 valence electrons. The molecule has 15 heavy (non-hydrogen) atoms. The van der Waals surface area contributed by atoms with Crippen LogP contribution in [0.5, 0.6) is 0 Å². The van der Waals surface area contributed by atoms with Crippen LogP contribution in [0.3, 0.4) is 0 Å². The second-order valence-electron chi connectivity index (χ2n) is 3.72. The zero-order valence-electron chi connectivity index (χ0n) is 9.07. The molecule has 5 heteroatoms. The molecule has 1 saturated carbocycles. The van der Waals surface area contributed by atoms with Crippen LogP contribution in [0.4, 0.5) is 0 Å². The van der Waals surface area contributed by atoms with Crippen molar-refractivity contribution >= 4 is 23.2 Å². The van der Waals surface area contributed by atoms with Crippen molar-refractivity contribution in [2.24, 2.45) is 5.73 Å². The lowest BCUT2D eigenvalue weighted by atomic mass is 10.3. The summed E-state index contributed by atoms with van der Waals surface area (Å²) >= 11 is 4.82. The number of nitrogens with zero attached hydrogens (tertiary/aromatic N) is 1. The molecule has 2 N–H and O–H groups in total. The Bertz CT molecular complexity index is 242. The minimum absolute atomic E-state index is 0.160. The lowest BCUT2D eigenvalue weighted by molar-refractivity contribution is -0.144. The maximum absolute atomic E-state index is 11.3. The molecular formula is C10H18N2O2S. The number of ether oxygens (including phenoxy) is 1. The molecule has 0 atom stereocenters. The van der Waals surface area contributed by atoms with Gasteiger partial charge in [-0.05, 0) is 19.8 Å². The molecule has 0 radical (unpaired) electrons. The highest BCUT2D eigenvalue weighted by atomic mass is 32.1. The van der Waals surface area contributed by atoms with E-state index in [-0.39, 0.29) is 5.97 Å². The first kappa shape index (κ1) is 12.4. The van der Waals surface area contributed by atoms with E-state index in [1.165, 1.54) is 0 Å². The van der Waals surface area contributed by atoms with E-state index in [0.717, 1.165) is 19.4 Å². The van der Waals surface area contributed by atoms with E-state index >= 15 is 0 Å². The highest BCUT2D eigenvalue weighted by Crippen LogP contribution is 2.26. The molecule has 0 spiro atoms. The van der Waals surface area contributed by atoms with Gasteiger partial charge in [-0.15, -0.1) is 0 Å². The second-order valence-corrected chi connectivity index (χ2v) is 4.25. The minimum atomic E-state index is -0.160. The largest absolute Gasteiger partial charge is 0.465 e. The van der Waals surface area contributed by atoms with E-state index in [2.05, 4.69) is 4.90 Å². The van der Waals surface area contributed by atoms with E-state index in [1.807, 2.05) is 6.92 Å². The smallest absolute Gasteiger partial charge is 0.320 e. The van der Waals surface area contributed by atoms with E-state index in [4.69, 9.17) is 22.7 Å². The predicted molar refractivity (Wildman–Crippen MR) is 62.6 cm³/mol. The van der Waals surface area contributed by atoms with Gasteiger partial charge in [-0.1, -0.05) is 12.2 Å². The Kier molecular flexibility index (Phi) is 4.98. The molecule has 0 aliphatic heterocycles. The van der Waals surface area contributed by atoms with Crippen LogP contribution in [0.1, 0.15) is 26.2 Å². The molecule has 1 rings (SSSR count). The fourth-order valence-electron chi connectivity index (χ4n) is 1.46. The molecule has 1 fully saturated rings. The number of hydrogen-bond donors (Lipinski definition) is 1. The van der Waals surface area contributed by atoms with Crippen molar-refractivity contribution in [2.45, 2.75) is 32.2 Å². The van der Waals surface area contributed by atoms with E-state index in [9.17, 15) is 4.79 Å². The van der Waals surface area contributed by atoms with Crippen LogP contribution in [-0.4, -0.2) is 41.6 Å². The Labute approximate surface area is 95.8 Å². The van der Waals surface area contributed by atoms with Gasteiger partial charge in [0.25, 0.3) is 0 Å². The van der Waals surface area contributed by atoms with Gasteiger partial charge < -0.3 is 10.5 Å². The molecule has 0 bridgehead atoms. The summed E-state index contributed by atoms with van der Waals surface area (Å²) < 4.78 is 4.91. The first-order valence-electron chi connectivity index (χ1n) is 5.31. The number of esters is 1. The highest BCUT2D eigenvalue weighted by molar-refractivity contribution is 7.80. The van der Waals surface area contributed by atoms with Gasteiger partial charge >= 0.3 is 5.97 Å². The molecule has 0 aromatic rings. The summed E-state index contributed by atoms with van der Waals surface area (Å²) in [7, 11) is 0. The van der Waals surface area contributed by atoms with Gasteiger partial charge in [0, 0.05) is 19.0 Å². The molecule has 1 aliphatic rings. The minimum Gasteiger partial charge on any atom is -0.465 e. The molecule has 4 nitrogen and oxygen atoms in total. The van der Waals surface area contributed by atoms with Gasteiger partial charge in [-0.25, -0.2) is 0 Å². The molecular weight excluding hydrogens is 212 g/mol. The van der Waals surface area contributed by atoms with Crippen LogP contribution in [0.2, 0.25) is 0 Å². The van der Waals surface area contributed by atoms with Gasteiger partial charge in [-0.3, -0.25) is 9.69 Å². The molecule has 0 aromatic carbocycles. The number of rotatable bonds is 7. The maximum Gasteiger partial charge on any atom is 0.320 e. The van der Waals surface area contributed by atoms with Gasteiger partial charge in [0.05, 0.1) is 18.1 Å². The van der Waals surface area contributed by atoms with Gasteiger partial charge in [-0.2, -0.15) is 0 Å². The summed E-state index contributed by atoms with van der Waals surface area (Å²) in [6, 6.07) is 0.531. The number of carbonyl (C=O) groups is 1. The third-order valence-corrected chi connectivity index (χ3v) is 2.55. The number of thiocarbonyl (C=S) groups is 1. The van der Waals surface area contributed by atoms with Crippen molar-refractivity contribution in [1.29, 1.82) is 0 Å². The first-order chi connectivity index (χ1) is 7.13. The highest BCUT2D eigenvalue weighted by Gasteiger charge is 2.30. The summed E-state index contributed by atoms with van der Waals surface area (Å²) in [5.74, 6) is -0.160. The van der Waals surface area contributed by atoms with Crippen molar-refractivity contribution in [2.75, 3.05) is 19.7 Å². The van der Waals surface area contributed by atoms with Crippen LogP contribution in [0, 0.1) is 0 Å². The van der Waals surface area contributed by atoms with Gasteiger partial charge in [0.1, 0.15) is 0 Å². The fraction of sp³-hybridized carbons (Fsp3) is 0.800. The van der Waals surface area contributed by atoms with Crippen molar-refractivity contribution < 1.29 is 9.53 Å². The standard InChI is InChI=1S/C10H18N2O2S/c1-2-14-10(13)7-12(8-3-4-8)6-5-9(11)15/h8H,2-7H2,1H3,(H2,11,15). The van der Waals surface area contributed by atoms with E-state index < -0.39 is 0 Å². The summed E-state index contributed by atoms with van der Waals surface area (Å²) in [4.78, 5) is 13.9. The molecule has 0 aromatic heterocycles. The zero-order chi connectivity index (χ0) is 11.3. The average Bonchev–Trinajstić information content (AvgIpc) is 2.95. The van der Waals surface area contributed by atoms with Crippen molar-refractivity contribution in [1.82, 2.24) is 4.90 Å². The molecule has 0 saturated heterocycles. The van der Waals surface area contributed by atoms with Crippen LogP contribution < -0.4 is 5.73 Å². The fourth-order valence-corrected chi connectivity index (χ4v) is 1.55. The van der Waals surface area contributed by atoms with Crippen LogP contribution in [0.25, 0.3) is 0 Å². The normalized spacial score (nSPS) is 15.3. The Hall–Kier alpha value is -0.680. The number of nitrogens with two attached hydrogens (primary N) is 1. The number of hydrogen-bond acceptors (Lipinski definition) is 4. The summed E-state index contributed by atoms with van der Waals surface area (Å²) in [5, 5.41) is 0. The summed E-state index contributed by atoms with van der Waals surface area (Å²) in [5.41, 5.74) is 5.44. The second kappa shape index (κ2) is 6.02. The predicted octanol–water partition coefficient (Wildman–Crippen LogP) is 0.690. The monoisotopic (exact) mass is 230 g/mol. The Morgan fingerprint density at radius 3 is 2.73 bits per heavy atom. The van der Waals surface area contributed by atoms with Crippen LogP contribution >= 0.6 is 12.2 Å². The molecule has 0 amide bonds. The third-order valence-electron chi connectivity index (χ3n) is 2.35. The van der Waals surface area contributed by atoms with Crippen molar-refractivity contribution in [3.8, 4) is 0 Å². The van der Waals surface area contributed by atoms with Gasteiger partial charge in [0.2, 0.25) is 0 Å². The summed E-state index contributed by atoms with van der Waals surface area (Å²) in [6.07, 6.45) is 3.00. The molecule has 1 aliphatic carbocycles.